The number of nitro benzene ring substituents is 1. The Hall–Kier alpha value is -2.74. The van der Waals surface area contributed by atoms with E-state index in [1.165, 1.54) is 17.8 Å². The average molecular weight is 375 g/mol. The topological polar surface area (TPSA) is 93.5 Å². The molecule has 0 unspecified atom stereocenters. The molecule has 7 nitrogen and oxygen atoms in total. The number of thioether (sulfide) groups is 1. The highest BCUT2D eigenvalue weighted by Crippen LogP contribution is 2.23. The number of benzene rings is 2. The molecule has 2 aromatic carbocycles. The van der Waals surface area contributed by atoms with Gasteiger partial charge in [-0.2, -0.15) is 0 Å². The quantitative estimate of drug-likeness (QED) is 0.286. The largest absolute Gasteiger partial charge is 0.494 e. The van der Waals surface area contributed by atoms with Gasteiger partial charge in [0.1, 0.15) is 11.4 Å². The van der Waals surface area contributed by atoms with Crippen molar-refractivity contribution in [2.45, 2.75) is 11.8 Å². The number of hydrogen-bond donors (Lipinski definition) is 2. The predicted molar refractivity (Wildman–Crippen MR) is 103 cm³/mol. The number of carbonyl (C=O) groups is 1. The van der Waals surface area contributed by atoms with Crippen LogP contribution in [0.25, 0.3) is 0 Å². The summed E-state index contributed by atoms with van der Waals surface area (Å²) in [5.41, 5.74) is 0.459. The summed E-state index contributed by atoms with van der Waals surface area (Å²) in [6.45, 7) is 3.34. The fourth-order valence-electron chi connectivity index (χ4n) is 2.18. The zero-order valence-corrected chi connectivity index (χ0v) is 15.3. The van der Waals surface area contributed by atoms with Gasteiger partial charge in [0.15, 0.2) is 0 Å². The summed E-state index contributed by atoms with van der Waals surface area (Å²) in [5.74, 6) is 1.02. The van der Waals surface area contributed by atoms with E-state index < -0.39 is 4.92 Å². The Morgan fingerprint density at radius 3 is 2.58 bits per heavy atom. The number of rotatable bonds is 10. The minimum absolute atomic E-state index is 0.0184. The van der Waals surface area contributed by atoms with Crippen LogP contribution < -0.4 is 15.4 Å². The molecule has 8 heteroatoms. The summed E-state index contributed by atoms with van der Waals surface area (Å²) >= 11 is 1.44. The van der Waals surface area contributed by atoms with Gasteiger partial charge in [-0.25, -0.2) is 0 Å². The number of carbonyl (C=O) groups excluding carboxylic acids is 1. The monoisotopic (exact) mass is 375 g/mol. The van der Waals surface area contributed by atoms with E-state index in [1.54, 1.807) is 18.2 Å². The molecule has 2 aromatic rings. The molecule has 0 heterocycles. The van der Waals surface area contributed by atoms with Crippen LogP contribution in [0.15, 0.2) is 53.4 Å². The number of hydrogen-bond acceptors (Lipinski definition) is 6. The number of amides is 1. The molecule has 0 aliphatic heterocycles. The van der Waals surface area contributed by atoms with Crippen molar-refractivity contribution in [3.05, 3.63) is 58.6 Å². The van der Waals surface area contributed by atoms with Crippen LogP contribution in [0.2, 0.25) is 0 Å². The lowest BCUT2D eigenvalue weighted by atomic mass is 10.2. The first-order valence-electron chi connectivity index (χ1n) is 8.19. The van der Waals surface area contributed by atoms with Crippen molar-refractivity contribution in [1.82, 2.24) is 5.32 Å². The Bertz CT molecular complexity index is 737. The van der Waals surface area contributed by atoms with Gasteiger partial charge in [0.2, 0.25) is 5.91 Å². The van der Waals surface area contributed by atoms with Crippen molar-refractivity contribution >= 4 is 29.0 Å². The first-order chi connectivity index (χ1) is 12.6. The Morgan fingerprint density at radius 1 is 1.15 bits per heavy atom. The summed E-state index contributed by atoms with van der Waals surface area (Å²) in [5, 5.41) is 16.7. The average Bonchev–Trinajstić information content (AvgIpc) is 2.65. The van der Waals surface area contributed by atoms with Gasteiger partial charge >= 0.3 is 0 Å². The molecule has 138 valence electrons. The lowest BCUT2D eigenvalue weighted by Gasteiger charge is -2.08. The Labute approximate surface area is 156 Å². The van der Waals surface area contributed by atoms with Crippen molar-refractivity contribution in [3.8, 4) is 5.75 Å². The highest BCUT2D eigenvalue weighted by Gasteiger charge is 2.11. The van der Waals surface area contributed by atoms with Gasteiger partial charge in [-0.05, 0) is 37.3 Å². The van der Waals surface area contributed by atoms with Crippen LogP contribution in [0.5, 0.6) is 5.75 Å². The maximum Gasteiger partial charge on any atom is 0.292 e. The number of para-hydroxylation sites is 2. The third-order valence-electron chi connectivity index (χ3n) is 3.37. The molecule has 0 aliphatic carbocycles. The van der Waals surface area contributed by atoms with Gasteiger partial charge in [0.25, 0.3) is 5.69 Å². The molecule has 1 amide bonds. The molecule has 0 saturated heterocycles. The zero-order valence-electron chi connectivity index (χ0n) is 14.4. The van der Waals surface area contributed by atoms with Crippen LogP contribution in [0.3, 0.4) is 0 Å². The number of anilines is 1. The molecule has 0 atom stereocenters. The molecule has 0 fully saturated rings. The minimum Gasteiger partial charge on any atom is -0.494 e. The van der Waals surface area contributed by atoms with Crippen LogP contribution in [0, 0.1) is 10.1 Å². The molecule has 0 spiro atoms. The van der Waals surface area contributed by atoms with Gasteiger partial charge in [-0.1, -0.05) is 12.1 Å². The van der Waals surface area contributed by atoms with Crippen molar-refractivity contribution in [2.75, 3.05) is 30.8 Å². The van der Waals surface area contributed by atoms with E-state index in [0.29, 0.717) is 31.1 Å². The summed E-state index contributed by atoms with van der Waals surface area (Å²) in [4.78, 5) is 23.4. The van der Waals surface area contributed by atoms with Crippen molar-refractivity contribution in [2.24, 2.45) is 0 Å². The summed E-state index contributed by atoms with van der Waals surface area (Å²) in [7, 11) is 0. The molecule has 0 saturated carbocycles. The maximum atomic E-state index is 11.9. The van der Waals surface area contributed by atoms with Gasteiger partial charge < -0.3 is 15.4 Å². The van der Waals surface area contributed by atoms with Crippen molar-refractivity contribution < 1.29 is 14.5 Å². The SMILES string of the molecule is CCOc1ccc(SCC(=O)NCCNc2ccccc2[N+](=O)[O-])cc1. The lowest BCUT2D eigenvalue weighted by molar-refractivity contribution is -0.384. The number of nitrogens with one attached hydrogen (secondary N) is 2. The van der Waals surface area contributed by atoms with Crippen molar-refractivity contribution in [1.29, 1.82) is 0 Å². The van der Waals surface area contributed by atoms with E-state index in [-0.39, 0.29) is 11.6 Å². The first-order valence-corrected chi connectivity index (χ1v) is 9.18. The third kappa shape index (κ3) is 6.29. The molecule has 0 aromatic heterocycles. The smallest absolute Gasteiger partial charge is 0.292 e. The molecule has 26 heavy (non-hydrogen) atoms. The summed E-state index contributed by atoms with van der Waals surface area (Å²) < 4.78 is 5.37. The van der Waals surface area contributed by atoms with E-state index in [2.05, 4.69) is 10.6 Å². The second-order valence-electron chi connectivity index (χ2n) is 5.24. The third-order valence-corrected chi connectivity index (χ3v) is 4.38. The van der Waals surface area contributed by atoms with Crippen molar-refractivity contribution in [3.63, 3.8) is 0 Å². The minimum atomic E-state index is -0.436. The molecule has 0 bridgehead atoms. The van der Waals surface area contributed by atoms with E-state index in [1.807, 2.05) is 31.2 Å². The first kappa shape index (κ1) is 19.6. The highest BCUT2D eigenvalue weighted by atomic mass is 32.2. The standard InChI is InChI=1S/C18H21N3O4S/c1-2-25-14-7-9-15(10-8-14)26-13-18(22)20-12-11-19-16-5-3-4-6-17(16)21(23)24/h3-10,19H,2,11-13H2,1H3,(H,20,22). The van der Waals surface area contributed by atoms with E-state index >= 15 is 0 Å². The van der Waals surface area contributed by atoms with Crippen LogP contribution in [-0.2, 0) is 4.79 Å². The lowest BCUT2D eigenvalue weighted by Crippen LogP contribution is -2.30. The number of nitro groups is 1. The van der Waals surface area contributed by atoms with Gasteiger partial charge in [-0.15, -0.1) is 11.8 Å². The van der Waals surface area contributed by atoms with Gasteiger partial charge in [-0.3, -0.25) is 14.9 Å². The maximum absolute atomic E-state index is 11.9. The molecule has 2 N–H and O–H groups in total. The zero-order chi connectivity index (χ0) is 18.8. The number of nitrogens with zero attached hydrogens (tertiary/aromatic N) is 1. The fraction of sp³-hybridized carbons (Fsp3) is 0.278. The Kier molecular flexibility index (Phi) is 7.75. The summed E-state index contributed by atoms with van der Waals surface area (Å²) in [6.07, 6.45) is 0. The predicted octanol–water partition coefficient (Wildman–Crippen LogP) is 3.31. The van der Waals surface area contributed by atoms with Gasteiger partial charge in [0.05, 0.1) is 17.3 Å². The van der Waals surface area contributed by atoms with E-state index in [4.69, 9.17) is 4.74 Å². The van der Waals surface area contributed by atoms with Gasteiger partial charge in [0, 0.05) is 24.1 Å². The molecule has 0 aliphatic rings. The number of ether oxygens (including phenoxy) is 1. The highest BCUT2D eigenvalue weighted by molar-refractivity contribution is 8.00. The van der Waals surface area contributed by atoms with Crippen LogP contribution in [0.1, 0.15) is 6.92 Å². The van der Waals surface area contributed by atoms with Crippen LogP contribution in [0.4, 0.5) is 11.4 Å². The second kappa shape index (κ2) is 10.3. The summed E-state index contributed by atoms with van der Waals surface area (Å²) in [6, 6.07) is 14.0. The van der Waals surface area contributed by atoms with E-state index in [0.717, 1.165) is 10.6 Å². The van der Waals surface area contributed by atoms with E-state index in [9.17, 15) is 14.9 Å². The molecular weight excluding hydrogens is 354 g/mol. The normalized spacial score (nSPS) is 10.2. The van der Waals surface area contributed by atoms with Crippen LogP contribution in [-0.4, -0.2) is 36.3 Å². The Balaban J connectivity index is 1.68. The Morgan fingerprint density at radius 2 is 1.88 bits per heavy atom. The molecular formula is C18H21N3O4S. The molecule has 0 radical (unpaired) electrons. The molecule has 2 rings (SSSR count). The second-order valence-corrected chi connectivity index (χ2v) is 6.29. The fourth-order valence-corrected chi connectivity index (χ4v) is 2.91. The van der Waals surface area contributed by atoms with Crippen LogP contribution >= 0.6 is 11.8 Å².